The largest absolute Gasteiger partial charge is 0.370 e. The second-order valence-corrected chi connectivity index (χ2v) is 7.60. The van der Waals surface area contributed by atoms with Crippen LogP contribution in [0.4, 0.5) is 5.69 Å². The first-order valence-electron chi connectivity index (χ1n) is 9.66. The second-order valence-electron chi connectivity index (χ2n) is 7.60. The number of carbonyl (C=O) groups excluding carboxylic acids is 1. The van der Waals surface area contributed by atoms with Gasteiger partial charge < -0.3 is 10.2 Å². The van der Waals surface area contributed by atoms with E-state index in [2.05, 4.69) is 29.2 Å². The molecule has 0 unspecified atom stereocenters. The highest BCUT2D eigenvalue weighted by atomic mass is 16.2. The lowest BCUT2D eigenvalue weighted by Gasteiger charge is -2.32. The van der Waals surface area contributed by atoms with Gasteiger partial charge in [-0.1, -0.05) is 44.2 Å². The maximum Gasteiger partial charge on any atom is 0.269 e. The van der Waals surface area contributed by atoms with Crippen molar-refractivity contribution in [2.45, 2.75) is 33.2 Å². The van der Waals surface area contributed by atoms with Crippen LogP contribution in [0.2, 0.25) is 0 Å². The van der Waals surface area contributed by atoms with Crippen molar-refractivity contribution in [2.24, 2.45) is 11.8 Å². The normalized spacial score (nSPS) is 15.1. The van der Waals surface area contributed by atoms with Gasteiger partial charge in [0.2, 0.25) is 5.91 Å². The predicted molar refractivity (Wildman–Crippen MR) is 107 cm³/mol. The number of aromatic nitrogens is 2. The number of rotatable bonds is 6. The molecule has 0 spiro atoms. The lowest BCUT2D eigenvalue weighted by molar-refractivity contribution is -0.125. The molecule has 3 rings (SSSR count). The minimum atomic E-state index is -0.104. The van der Waals surface area contributed by atoms with Crippen LogP contribution in [-0.2, 0) is 11.3 Å². The predicted octanol–water partition coefficient (Wildman–Crippen LogP) is 2.28. The molecule has 1 aliphatic heterocycles. The van der Waals surface area contributed by atoms with Crippen molar-refractivity contribution < 1.29 is 4.79 Å². The molecule has 0 saturated carbocycles. The number of nitrogens with zero attached hydrogens (tertiary/aromatic N) is 3. The second kappa shape index (κ2) is 8.84. The van der Waals surface area contributed by atoms with Gasteiger partial charge >= 0.3 is 0 Å². The molecule has 1 fully saturated rings. The summed E-state index contributed by atoms with van der Waals surface area (Å²) in [5.74, 6) is 0.675. The molecule has 0 radical (unpaired) electrons. The first kappa shape index (κ1) is 19.1. The van der Waals surface area contributed by atoms with E-state index in [1.54, 1.807) is 12.3 Å². The number of amides is 1. The monoisotopic (exact) mass is 368 g/mol. The van der Waals surface area contributed by atoms with Crippen LogP contribution >= 0.6 is 0 Å². The molecule has 27 heavy (non-hydrogen) atoms. The van der Waals surface area contributed by atoms with E-state index in [9.17, 15) is 9.59 Å². The van der Waals surface area contributed by atoms with Gasteiger partial charge in [-0.25, -0.2) is 4.68 Å². The quantitative estimate of drug-likeness (QED) is 0.849. The van der Waals surface area contributed by atoms with Crippen LogP contribution in [0, 0.1) is 11.8 Å². The molecule has 1 amide bonds. The zero-order chi connectivity index (χ0) is 19.2. The number of piperidine rings is 1. The van der Waals surface area contributed by atoms with Gasteiger partial charge in [-0.2, -0.15) is 5.10 Å². The Morgan fingerprint density at radius 2 is 1.93 bits per heavy atom. The van der Waals surface area contributed by atoms with E-state index in [0.29, 0.717) is 12.5 Å². The number of anilines is 1. The molecule has 1 N–H and O–H groups in total. The van der Waals surface area contributed by atoms with Gasteiger partial charge in [-0.15, -0.1) is 0 Å². The Hall–Kier alpha value is -2.63. The summed E-state index contributed by atoms with van der Waals surface area (Å²) < 4.78 is 1.48. The summed E-state index contributed by atoms with van der Waals surface area (Å²) in [4.78, 5) is 26.8. The van der Waals surface area contributed by atoms with Crippen LogP contribution in [-0.4, -0.2) is 35.3 Å². The van der Waals surface area contributed by atoms with Gasteiger partial charge in [-0.3, -0.25) is 9.59 Å². The maximum absolute atomic E-state index is 12.4. The lowest BCUT2D eigenvalue weighted by Crippen LogP contribution is -2.41. The molecule has 0 aliphatic carbocycles. The summed E-state index contributed by atoms with van der Waals surface area (Å²) in [6.45, 7) is 6.92. The number of carbonyl (C=O) groups is 1. The fourth-order valence-corrected chi connectivity index (χ4v) is 3.32. The summed E-state index contributed by atoms with van der Waals surface area (Å²) in [6.07, 6.45) is 3.36. The van der Waals surface area contributed by atoms with Crippen molar-refractivity contribution in [3.8, 4) is 0 Å². The Labute approximate surface area is 160 Å². The van der Waals surface area contributed by atoms with E-state index < -0.39 is 0 Å². The molecule has 0 bridgehead atoms. The average molecular weight is 368 g/mol. The molecule has 144 valence electrons. The summed E-state index contributed by atoms with van der Waals surface area (Å²) in [5, 5.41) is 7.36. The summed E-state index contributed by atoms with van der Waals surface area (Å²) in [5.41, 5.74) is 1.78. The lowest BCUT2D eigenvalue weighted by atomic mass is 9.95. The third kappa shape index (κ3) is 5.18. The molecule has 1 aromatic carbocycles. The molecular formula is C21H28N4O2. The SMILES string of the molecule is CC(C)CNC(=O)C1CCN(c2cnn(Cc3ccccc3)c(=O)c2)CC1. The topological polar surface area (TPSA) is 67.2 Å². The highest BCUT2D eigenvalue weighted by Crippen LogP contribution is 2.22. The van der Waals surface area contributed by atoms with Crippen LogP contribution in [0.1, 0.15) is 32.3 Å². The van der Waals surface area contributed by atoms with Gasteiger partial charge in [0.05, 0.1) is 18.4 Å². The molecule has 6 nitrogen and oxygen atoms in total. The zero-order valence-electron chi connectivity index (χ0n) is 16.1. The van der Waals surface area contributed by atoms with E-state index in [4.69, 9.17) is 0 Å². The van der Waals surface area contributed by atoms with Gasteiger partial charge in [0, 0.05) is 31.6 Å². The molecule has 1 aliphatic rings. The molecule has 6 heteroatoms. The molecule has 1 aromatic heterocycles. The van der Waals surface area contributed by atoms with Crippen molar-refractivity contribution in [3.05, 3.63) is 58.5 Å². The smallest absolute Gasteiger partial charge is 0.269 e. The molecule has 1 saturated heterocycles. The number of nitrogens with one attached hydrogen (secondary N) is 1. The van der Waals surface area contributed by atoms with Crippen LogP contribution in [0.25, 0.3) is 0 Å². The van der Waals surface area contributed by atoms with Gasteiger partial charge in [0.1, 0.15) is 0 Å². The summed E-state index contributed by atoms with van der Waals surface area (Å²) in [7, 11) is 0. The molecule has 0 atom stereocenters. The first-order valence-corrected chi connectivity index (χ1v) is 9.66. The van der Waals surface area contributed by atoms with Gasteiger partial charge in [0.25, 0.3) is 5.56 Å². The van der Waals surface area contributed by atoms with E-state index in [0.717, 1.165) is 43.7 Å². The van der Waals surface area contributed by atoms with Crippen LogP contribution in [0.3, 0.4) is 0 Å². The third-order valence-corrected chi connectivity index (χ3v) is 4.95. The Bertz CT molecular complexity index is 808. The van der Waals surface area contributed by atoms with E-state index >= 15 is 0 Å². The van der Waals surface area contributed by atoms with Crippen molar-refractivity contribution in [2.75, 3.05) is 24.5 Å². The Morgan fingerprint density at radius 3 is 2.56 bits per heavy atom. The fourth-order valence-electron chi connectivity index (χ4n) is 3.32. The number of hydrogen-bond donors (Lipinski definition) is 1. The number of benzene rings is 1. The summed E-state index contributed by atoms with van der Waals surface area (Å²) in [6, 6.07) is 11.5. The molecule has 2 aromatic rings. The fraction of sp³-hybridized carbons (Fsp3) is 0.476. The minimum Gasteiger partial charge on any atom is -0.370 e. The number of hydrogen-bond acceptors (Lipinski definition) is 4. The van der Waals surface area contributed by atoms with Crippen LogP contribution < -0.4 is 15.8 Å². The van der Waals surface area contributed by atoms with Crippen molar-refractivity contribution in [3.63, 3.8) is 0 Å². The summed E-state index contributed by atoms with van der Waals surface area (Å²) >= 11 is 0. The third-order valence-electron chi connectivity index (χ3n) is 4.95. The molecule has 2 heterocycles. The van der Waals surface area contributed by atoms with Gasteiger partial charge in [0.15, 0.2) is 0 Å². The van der Waals surface area contributed by atoms with E-state index in [-0.39, 0.29) is 17.4 Å². The molecular weight excluding hydrogens is 340 g/mol. The van der Waals surface area contributed by atoms with E-state index in [1.807, 2.05) is 30.3 Å². The Balaban J connectivity index is 1.58. The minimum absolute atomic E-state index is 0.0615. The first-order chi connectivity index (χ1) is 13.0. The Morgan fingerprint density at radius 1 is 1.22 bits per heavy atom. The highest BCUT2D eigenvalue weighted by molar-refractivity contribution is 5.79. The van der Waals surface area contributed by atoms with Crippen LogP contribution in [0.15, 0.2) is 47.4 Å². The Kier molecular flexibility index (Phi) is 6.27. The zero-order valence-corrected chi connectivity index (χ0v) is 16.1. The van der Waals surface area contributed by atoms with Crippen molar-refractivity contribution >= 4 is 11.6 Å². The van der Waals surface area contributed by atoms with E-state index in [1.165, 1.54) is 4.68 Å². The van der Waals surface area contributed by atoms with Gasteiger partial charge in [-0.05, 0) is 24.3 Å². The average Bonchev–Trinajstić information content (AvgIpc) is 2.68. The van der Waals surface area contributed by atoms with Crippen LogP contribution in [0.5, 0.6) is 0 Å². The van der Waals surface area contributed by atoms with Crippen molar-refractivity contribution in [1.82, 2.24) is 15.1 Å². The van der Waals surface area contributed by atoms with Crippen molar-refractivity contribution in [1.29, 1.82) is 0 Å². The maximum atomic E-state index is 12.4. The highest BCUT2D eigenvalue weighted by Gasteiger charge is 2.25. The standard InChI is InChI=1S/C21H28N4O2/c1-16(2)13-22-21(27)18-8-10-24(11-9-18)19-12-20(26)25(23-14-19)15-17-6-4-3-5-7-17/h3-7,12,14,16,18H,8-11,13,15H2,1-2H3,(H,22,27).